The number of hydrogen-bond acceptors (Lipinski definition) is 2. The number of halogens is 1. The maximum Gasteiger partial charge on any atom is 0.0545 e. The summed E-state index contributed by atoms with van der Waals surface area (Å²) in [7, 11) is 0. The van der Waals surface area contributed by atoms with Crippen molar-refractivity contribution in [3.8, 4) is 0 Å². The molecule has 0 amide bonds. The van der Waals surface area contributed by atoms with Crippen molar-refractivity contribution >= 4 is 23.4 Å². The molecule has 0 aliphatic heterocycles. The Hall–Kier alpha value is -0.960. The van der Waals surface area contributed by atoms with Gasteiger partial charge < -0.3 is 5.32 Å². The monoisotopic (exact) mass is 291 g/mol. The van der Waals surface area contributed by atoms with Gasteiger partial charge in [0.2, 0.25) is 0 Å². The zero-order valence-electron chi connectivity index (χ0n) is 11.2. The fourth-order valence-corrected chi connectivity index (χ4v) is 2.99. The third-order valence-electron chi connectivity index (χ3n) is 2.95. The Morgan fingerprint density at radius 2 is 1.79 bits per heavy atom. The van der Waals surface area contributed by atoms with Gasteiger partial charge in [-0.25, -0.2) is 0 Å². The molecular weight excluding hydrogens is 274 g/mol. The summed E-state index contributed by atoms with van der Waals surface area (Å²) in [5.74, 6) is 0. The van der Waals surface area contributed by atoms with Crippen LogP contribution in [0.3, 0.4) is 0 Å². The molecule has 0 radical (unpaired) electrons. The van der Waals surface area contributed by atoms with Gasteiger partial charge >= 0.3 is 0 Å². The molecule has 0 spiro atoms. The van der Waals surface area contributed by atoms with Crippen molar-refractivity contribution in [2.75, 3.05) is 6.54 Å². The van der Waals surface area contributed by atoms with Crippen LogP contribution in [-0.4, -0.2) is 6.54 Å². The van der Waals surface area contributed by atoms with Gasteiger partial charge in [0.15, 0.2) is 0 Å². The van der Waals surface area contributed by atoms with Crippen LogP contribution in [-0.2, 0) is 0 Å². The van der Waals surface area contributed by atoms with Gasteiger partial charge in [-0.3, -0.25) is 0 Å². The third kappa shape index (κ3) is 4.00. The van der Waals surface area contributed by atoms with Gasteiger partial charge in [-0.2, -0.15) is 0 Å². The minimum atomic E-state index is 0.393. The van der Waals surface area contributed by atoms with Crippen LogP contribution in [0.15, 0.2) is 58.3 Å². The minimum absolute atomic E-state index is 0.393. The summed E-state index contributed by atoms with van der Waals surface area (Å²) in [6, 6.07) is 17.0. The van der Waals surface area contributed by atoms with Crippen LogP contribution >= 0.6 is 23.4 Å². The summed E-state index contributed by atoms with van der Waals surface area (Å²) >= 11 is 7.86. The van der Waals surface area contributed by atoms with E-state index in [0.29, 0.717) is 6.04 Å². The Morgan fingerprint density at radius 1 is 1.11 bits per heavy atom. The molecule has 0 aliphatic rings. The summed E-state index contributed by atoms with van der Waals surface area (Å²) in [5, 5.41) is 4.22. The molecule has 0 saturated carbocycles. The fraction of sp³-hybridized carbons (Fsp3) is 0.250. The van der Waals surface area contributed by atoms with E-state index in [2.05, 4.69) is 43.4 Å². The Labute approximate surface area is 124 Å². The molecule has 0 heterocycles. The van der Waals surface area contributed by atoms with E-state index in [1.54, 1.807) is 11.8 Å². The number of hydrogen-bond donors (Lipinski definition) is 1. The van der Waals surface area contributed by atoms with E-state index in [1.807, 2.05) is 24.3 Å². The normalized spacial score (nSPS) is 12.4. The van der Waals surface area contributed by atoms with Gasteiger partial charge in [-0.05, 0) is 43.3 Å². The number of nitrogens with one attached hydrogen (secondary N) is 1. The molecule has 19 heavy (non-hydrogen) atoms. The van der Waals surface area contributed by atoms with Crippen LogP contribution in [0.5, 0.6) is 0 Å². The Kier molecular flexibility index (Phi) is 5.32. The first-order chi connectivity index (χ1) is 9.20. The highest BCUT2D eigenvalue weighted by atomic mass is 35.5. The van der Waals surface area contributed by atoms with E-state index in [-0.39, 0.29) is 0 Å². The summed E-state index contributed by atoms with van der Waals surface area (Å²) in [6.45, 7) is 5.29. The molecule has 0 aliphatic carbocycles. The molecule has 1 nitrogen and oxygen atoms in total. The Balaban J connectivity index is 2.09. The highest BCUT2D eigenvalue weighted by Gasteiger charge is 2.05. The lowest BCUT2D eigenvalue weighted by Gasteiger charge is -2.13. The largest absolute Gasteiger partial charge is 0.310 e. The standard InChI is InChI=1S/C16H18ClNS/c1-3-18-12(2)13-8-10-14(11-9-13)19-16-7-5-4-6-15(16)17/h4-12,18H,3H2,1-2H3. The van der Waals surface area contributed by atoms with E-state index in [9.17, 15) is 0 Å². The molecule has 100 valence electrons. The quantitative estimate of drug-likeness (QED) is 0.816. The maximum absolute atomic E-state index is 6.17. The zero-order chi connectivity index (χ0) is 13.7. The highest BCUT2D eigenvalue weighted by molar-refractivity contribution is 7.99. The molecule has 0 fully saturated rings. The van der Waals surface area contributed by atoms with E-state index in [1.165, 1.54) is 10.5 Å². The van der Waals surface area contributed by atoms with Crippen LogP contribution in [0.2, 0.25) is 5.02 Å². The molecular formula is C16H18ClNS. The van der Waals surface area contributed by atoms with Gasteiger partial charge in [-0.1, -0.05) is 54.6 Å². The molecule has 2 rings (SSSR count). The lowest BCUT2D eigenvalue weighted by molar-refractivity contribution is 0.598. The maximum atomic E-state index is 6.17. The molecule has 2 aromatic rings. The Bertz CT molecular complexity index is 525. The summed E-state index contributed by atoms with van der Waals surface area (Å²) in [6.07, 6.45) is 0. The third-order valence-corrected chi connectivity index (χ3v) is 4.48. The van der Waals surface area contributed by atoms with Crippen molar-refractivity contribution in [1.29, 1.82) is 0 Å². The van der Waals surface area contributed by atoms with Crippen molar-refractivity contribution in [1.82, 2.24) is 5.32 Å². The second kappa shape index (κ2) is 6.99. The molecule has 0 saturated heterocycles. The van der Waals surface area contributed by atoms with E-state index in [0.717, 1.165) is 16.5 Å². The van der Waals surface area contributed by atoms with Crippen LogP contribution < -0.4 is 5.32 Å². The van der Waals surface area contributed by atoms with Crippen molar-refractivity contribution in [3.05, 3.63) is 59.1 Å². The molecule has 0 bridgehead atoms. The predicted molar refractivity (Wildman–Crippen MR) is 84.1 cm³/mol. The smallest absolute Gasteiger partial charge is 0.0545 e. The SMILES string of the molecule is CCNC(C)c1ccc(Sc2ccccc2Cl)cc1. The average Bonchev–Trinajstić information content (AvgIpc) is 2.42. The van der Waals surface area contributed by atoms with Crippen LogP contribution in [0.25, 0.3) is 0 Å². The van der Waals surface area contributed by atoms with Gasteiger partial charge in [0.05, 0.1) is 5.02 Å². The Morgan fingerprint density at radius 3 is 2.42 bits per heavy atom. The molecule has 2 aromatic carbocycles. The van der Waals surface area contributed by atoms with Crippen molar-refractivity contribution in [2.24, 2.45) is 0 Å². The van der Waals surface area contributed by atoms with Gasteiger partial charge in [0.1, 0.15) is 0 Å². The van der Waals surface area contributed by atoms with Gasteiger partial charge in [0, 0.05) is 15.8 Å². The fourth-order valence-electron chi connectivity index (χ4n) is 1.90. The summed E-state index contributed by atoms with van der Waals surface area (Å²) < 4.78 is 0. The van der Waals surface area contributed by atoms with E-state index >= 15 is 0 Å². The van der Waals surface area contributed by atoms with Crippen molar-refractivity contribution in [3.63, 3.8) is 0 Å². The van der Waals surface area contributed by atoms with Gasteiger partial charge in [-0.15, -0.1) is 0 Å². The average molecular weight is 292 g/mol. The molecule has 3 heteroatoms. The summed E-state index contributed by atoms with van der Waals surface area (Å²) in [4.78, 5) is 2.30. The van der Waals surface area contributed by atoms with E-state index < -0.39 is 0 Å². The number of rotatable bonds is 5. The topological polar surface area (TPSA) is 12.0 Å². The predicted octanol–water partition coefficient (Wildman–Crippen LogP) is 5.16. The van der Waals surface area contributed by atoms with Gasteiger partial charge in [0.25, 0.3) is 0 Å². The second-order valence-corrected chi connectivity index (χ2v) is 5.90. The molecule has 1 N–H and O–H groups in total. The van der Waals surface area contributed by atoms with Crippen molar-refractivity contribution < 1.29 is 0 Å². The minimum Gasteiger partial charge on any atom is -0.310 e. The molecule has 1 atom stereocenters. The number of benzene rings is 2. The molecule has 1 unspecified atom stereocenters. The first kappa shape index (κ1) is 14.4. The zero-order valence-corrected chi connectivity index (χ0v) is 12.8. The van der Waals surface area contributed by atoms with E-state index in [4.69, 9.17) is 11.6 Å². The first-order valence-corrected chi connectivity index (χ1v) is 7.66. The van der Waals surface area contributed by atoms with Crippen LogP contribution in [0.1, 0.15) is 25.5 Å². The highest BCUT2D eigenvalue weighted by Crippen LogP contribution is 2.33. The summed E-state index contributed by atoms with van der Waals surface area (Å²) in [5.41, 5.74) is 1.31. The lowest BCUT2D eigenvalue weighted by atomic mass is 10.1. The van der Waals surface area contributed by atoms with Crippen LogP contribution in [0.4, 0.5) is 0 Å². The van der Waals surface area contributed by atoms with Crippen LogP contribution in [0, 0.1) is 0 Å². The lowest BCUT2D eigenvalue weighted by Crippen LogP contribution is -2.17. The second-order valence-electron chi connectivity index (χ2n) is 4.38. The first-order valence-electron chi connectivity index (χ1n) is 6.46. The van der Waals surface area contributed by atoms with Crippen molar-refractivity contribution in [2.45, 2.75) is 29.7 Å². The molecule has 0 aromatic heterocycles.